The molecular weight excluding hydrogens is 853 g/mol. The summed E-state index contributed by atoms with van der Waals surface area (Å²) >= 11 is 0. The summed E-state index contributed by atoms with van der Waals surface area (Å²) in [5, 5.41) is 6.52. The lowest BCUT2D eigenvalue weighted by molar-refractivity contribution is 0.660. The first kappa shape index (κ1) is 40.6. The number of fused-ring (bicyclic) bond motifs is 14. The smallest absolute Gasteiger partial charge is 0.123 e. The minimum Gasteiger partial charge on any atom is -0.311 e. The summed E-state index contributed by atoms with van der Waals surface area (Å²) in [6.07, 6.45) is 10.1. The van der Waals surface area contributed by atoms with E-state index in [4.69, 9.17) is 0 Å². The van der Waals surface area contributed by atoms with Gasteiger partial charge in [0.05, 0.1) is 0 Å². The molecule has 0 unspecified atom stereocenters. The fourth-order valence-electron chi connectivity index (χ4n) is 14.6. The van der Waals surface area contributed by atoms with Gasteiger partial charge >= 0.3 is 0 Å². The fourth-order valence-corrected chi connectivity index (χ4v) is 25.6. The molecule has 8 aromatic rings. The normalized spacial score (nSPS) is 18.8. The fraction of sp³-hybridized carbons (Fsp3) is 0.219. The predicted molar refractivity (Wildman–Crippen MR) is 294 cm³/mol. The largest absolute Gasteiger partial charge is 0.311 e. The van der Waals surface area contributed by atoms with Gasteiger partial charge in [0.25, 0.3) is 0 Å². The Hall–Kier alpha value is -6.47. The van der Waals surface area contributed by atoms with E-state index < -0.39 is 16.1 Å². The molecule has 0 N–H and O–H groups in total. The molecule has 2 aliphatic carbocycles. The maximum atomic E-state index is 2.59. The monoisotopic (exact) mass is 910 g/mol. The zero-order chi connectivity index (χ0) is 45.6. The highest BCUT2D eigenvalue weighted by molar-refractivity contribution is 7.05. The van der Waals surface area contributed by atoms with Crippen molar-refractivity contribution in [2.75, 3.05) is 9.80 Å². The summed E-state index contributed by atoms with van der Waals surface area (Å²) in [6, 6.07) is 71.9. The van der Waals surface area contributed by atoms with Gasteiger partial charge in [0.15, 0.2) is 0 Å². The van der Waals surface area contributed by atoms with Crippen LogP contribution >= 0.6 is 0 Å². The quantitative estimate of drug-likeness (QED) is 0.128. The number of hydrogen-bond donors (Lipinski definition) is 0. The Bertz CT molecular complexity index is 3130. The summed E-state index contributed by atoms with van der Waals surface area (Å²) in [6.45, 7) is 9.71. The Morgan fingerprint density at radius 3 is 0.985 bits per heavy atom. The number of anilines is 6. The summed E-state index contributed by atoms with van der Waals surface area (Å²) in [5.74, 6) is 0. The van der Waals surface area contributed by atoms with Crippen molar-refractivity contribution in [1.29, 1.82) is 0 Å². The second kappa shape index (κ2) is 14.5. The molecule has 4 heterocycles. The van der Waals surface area contributed by atoms with Crippen molar-refractivity contribution in [3.8, 4) is 22.3 Å². The van der Waals surface area contributed by atoms with Crippen LogP contribution in [0.2, 0.25) is 24.2 Å². The first-order valence-corrected chi connectivity index (χ1v) is 30.3. The van der Waals surface area contributed by atoms with Crippen LogP contribution in [0.15, 0.2) is 170 Å². The van der Waals surface area contributed by atoms with Gasteiger partial charge in [-0.3, -0.25) is 0 Å². The molecule has 0 bridgehead atoms. The molecule has 0 atom stereocenters. The van der Waals surface area contributed by atoms with Gasteiger partial charge in [-0.1, -0.05) is 187 Å². The highest BCUT2D eigenvalue weighted by Gasteiger charge is 2.49. The van der Waals surface area contributed by atoms with E-state index in [0.29, 0.717) is 0 Å². The minimum absolute atomic E-state index is 0.138. The van der Waals surface area contributed by atoms with E-state index in [1.165, 1.54) is 140 Å². The number of para-hydroxylation sites is 4. The van der Waals surface area contributed by atoms with Gasteiger partial charge in [0.2, 0.25) is 0 Å². The van der Waals surface area contributed by atoms with Gasteiger partial charge in [-0.25, -0.2) is 0 Å². The maximum Gasteiger partial charge on any atom is 0.123 e. The zero-order valence-corrected chi connectivity index (χ0v) is 41.9. The molecule has 6 aliphatic rings. The van der Waals surface area contributed by atoms with Crippen molar-refractivity contribution < 1.29 is 0 Å². The lowest BCUT2D eigenvalue weighted by Crippen LogP contribution is -2.60. The average Bonchev–Trinajstić information content (AvgIpc) is 4.16. The van der Waals surface area contributed by atoms with Crippen LogP contribution in [0.4, 0.5) is 34.1 Å². The van der Waals surface area contributed by atoms with Crippen LogP contribution in [0.25, 0.3) is 34.4 Å². The Morgan fingerprint density at radius 1 is 0.353 bits per heavy atom. The Labute approximate surface area is 404 Å². The second-order valence-electron chi connectivity index (χ2n) is 22.0. The highest BCUT2D eigenvalue weighted by atomic mass is 28.3. The van der Waals surface area contributed by atoms with Crippen LogP contribution in [0.5, 0.6) is 0 Å². The van der Waals surface area contributed by atoms with Crippen LogP contribution in [-0.4, -0.2) is 16.1 Å². The van der Waals surface area contributed by atoms with E-state index in [1.807, 2.05) is 0 Å². The maximum absolute atomic E-state index is 2.59. The summed E-state index contributed by atoms with van der Waals surface area (Å²) in [5.41, 5.74) is 21.4. The SMILES string of the molecule is CC1(C)c2cc(C=Cc3ccc4c(c3)C(C)(C)c3cc(N5c6ccccc6[Si]6(CCCC6)c6ccccc65)ccc3-4)ccc2-c2ccc(N3c4ccccc4[Si]4(CCCC4)c4ccccc43)cc21. The molecule has 0 saturated carbocycles. The van der Waals surface area contributed by atoms with Crippen LogP contribution in [0.1, 0.15) is 86.8 Å². The van der Waals surface area contributed by atoms with Crippen molar-refractivity contribution in [3.63, 3.8) is 0 Å². The lowest BCUT2D eigenvalue weighted by atomic mass is 9.81. The van der Waals surface area contributed by atoms with Crippen LogP contribution in [0.3, 0.4) is 0 Å². The van der Waals surface area contributed by atoms with Gasteiger partial charge < -0.3 is 9.80 Å². The van der Waals surface area contributed by atoms with Gasteiger partial charge in [0, 0.05) is 45.0 Å². The molecule has 8 aromatic carbocycles. The Morgan fingerprint density at radius 2 is 0.647 bits per heavy atom. The third-order valence-electron chi connectivity index (χ3n) is 17.9. The molecule has 2 fully saturated rings. The number of hydrogen-bond acceptors (Lipinski definition) is 2. The summed E-state index contributed by atoms with van der Waals surface area (Å²) in [4.78, 5) is 5.17. The molecule has 14 rings (SSSR count). The zero-order valence-electron chi connectivity index (χ0n) is 39.9. The van der Waals surface area contributed by atoms with Crippen LogP contribution in [-0.2, 0) is 10.8 Å². The number of nitrogens with zero attached hydrogens (tertiary/aromatic N) is 2. The molecule has 0 radical (unpaired) electrons. The van der Waals surface area contributed by atoms with E-state index in [9.17, 15) is 0 Å². The topological polar surface area (TPSA) is 6.48 Å². The van der Waals surface area contributed by atoms with Crippen molar-refractivity contribution in [3.05, 3.63) is 203 Å². The van der Waals surface area contributed by atoms with Gasteiger partial charge in [-0.2, -0.15) is 0 Å². The van der Waals surface area contributed by atoms with Crippen molar-refractivity contribution in [2.45, 2.75) is 88.4 Å². The average molecular weight is 911 g/mol. The second-order valence-corrected chi connectivity index (χ2v) is 30.5. The molecule has 2 saturated heterocycles. The molecule has 4 heteroatoms. The van der Waals surface area contributed by atoms with Gasteiger partial charge in [-0.05, 0) is 149 Å². The van der Waals surface area contributed by atoms with Crippen LogP contribution in [0, 0.1) is 0 Å². The van der Waals surface area contributed by atoms with Gasteiger partial charge in [0.1, 0.15) is 16.1 Å². The first-order valence-electron chi connectivity index (χ1n) is 25.4. The number of benzene rings is 8. The molecule has 4 aliphatic heterocycles. The van der Waals surface area contributed by atoms with Gasteiger partial charge in [-0.15, -0.1) is 0 Å². The van der Waals surface area contributed by atoms with Crippen LogP contribution < -0.4 is 30.5 Å². The van der Waals surface area contributed by atoms with E-state index >= 15 is 0 Å². The highest BCUT2D eigenvalue weighted by Crippen LogP contribution is 2.54. The minimum atomic E-state index is -1.78. The van der Waals surface area contributed by atoms with E-state index in [1.54, 1.807) is 20.7 Å². The predicted octanol–water partition coefficient (Wildman–Crippen LogP) is 14.7. The summed E-state index contributed by atoms with van der Waals surface area (Å²) in [7, 11) is -3.57. The summed E-state index contributed by atoms with van der Waals surface area (Å²) < 4.78 is 0. The Balaban J connectivity index is 0.767. The third-order valence-corrected chi connectivity index (χ3v) is 28.6. The molecule has 0 amide bonds. The molecule has 2 nitrogen and oxygen atoms in total. The third kappa shape index (κ3) is 5.50. The standard InChI is InChI=1S/C64H58N2Si2/c1-63(2)51-39-43(27-31-47(51)49-33-29-45(41-53(49)63)65-55-17-5-9-21-59(55)67(35-13-14-36-67)60-22-10-6-18-56(60)65)25-26-44-28-32-48-50-34-30-46(42-54(50)64(3,4)52(48)40-44)66-57-19-7-11-23-61(57)68(37-15-16-38-68)62-24-12-8-20-58(62)66/h5-12,17-34,39-42H,13-16,35-38H2,1-4H3. The van der Waals surface area contributed by atoms with E-state index in [2.05, 4.69) is 220 Å². The molecule has 332 valence electrons. The van der Waals surface area contributed by atoms with E-state index in [-0.39, 0.29) is 10.8 Å². The van der Waals surface area contributed by atoms with Crippen molar-refractivity contribution in [1.82, 2.24) is 0 Å². The Kier molecular flexibility index (Phi) is 8.67. The molecular formula is C64H58N2Si2. The molecule has 2 spiro atoms. The first-order chi connectivity index (χ1) is 33.2. The molecule has 0 aromatic heterocycles. The van der Waals surface area contributed by atoms with E-state index in [0.717, 1.165) is 0 Å². The molecule has 68 heavy (non-hydrogen) atoms. The van der Waals surface area contributed by atoms with Crippen molar-refractivity contribution >= 4 is 83.2 Å². The lowest BCUT2D eigenvalue weighted by Gasteiger charge is -2.43. The number of rotatable bonds is 4. The van der Waals surface area contributed by atoms with Crippen molar-refractivity contribution in [2.24, 2.45) is 0 Å².